The van der Waals surface area contributed by atoms with E-state index in [1.54, 1.807) is 29.2 Å². The molecule has 10 heteroatoms. The van der Waals surface area contributed by atoms with Crippen molar-refractivity contribution in [2.24, 2.45) is 5.92 Å². The maximum absolute atomic E-state index is 13.6. The van der Waals surface area contributed by atoms with E-state index in [2.05, 4.69) is 5.32 Å². The zero-order valence-electron chi connectivity index (χ0n) is 23.6. The summed E-state index contributed by atoms with van der Waals surface area (Å²) >= 11 is 6.21. The second-order valence-electron chi connectivity index (χ2n) is 10.6. The number of halogens is 4. The second kappa shape index (κ2) is 13.4. The second-order valence-corrected chi connectivity index (χ2v) is 11.1. The summed E-state index contributed by atoms with van der Waals surface area (Å²) in [6.45, 7) is 0.253. The number of benzene rings is 4. The number of carboxylic acids is 1. The van der Waals surface area contributed by atoms with Crippen LogP contribution >= 0.6 is 11.6 Å². The number of nitrogens with zero attached hydrogens (tertiary/aromatic N) is 1. The Bertz CT molecular complexity index is 1610. The number of ether oxygens (including phenoxy) is 1. The first-order valence-electron chi connectivity index (χ1n) is 14.1. The molecule has 0 aromatic heterocycles. The van der Waals surface area contributed by atoms with Crippen LogP contribution < -0.4 is 15.0 Å². The van der Waals surface area contributed by atoms with E-state index in [0.717, 1.165) is 11.1 Å². The van der Waals surface area contributed by atoms with Gasteiger partial charge in [-0.1, -0.05) is 72.3 Å². The lowest BCUT2D eigenvalue weighted by Crippen LogP contribution is -2.40. The molecule has 6 nitrogen and oxygen atoms in total. The maximum Gasteiger partial charge on any atom is 0.391 e. The van der Waals surface area contributed by atoms with Gasteiger partial charge < -0.3 is 20.1 Å². The van der Waals surface area contributed by atoms with Crippen LogP contribution in [0.4, 0.5) is 18.9 Å². The minimum Gasteiger partial charge on any atom is -0.481 e. The number of piperidine rings is 1. The van der Waals surface area contributed by atoms with Gasteiger partial charge in [-0.15, -0.1) is 0 Å². The van der Waals surface area contributed by atoms with Gasteiger partial charge in [0.05, 0.1) is 23.9 Å². The zero-order valence-corrected chi connectivity index (χ0v) is 24.3. The van der Waals surface area contributed by atoms with Crippen LogP contribution in [0.15, 0.2) is 97.1 Å². The van der Waals surface area contributed by atoms with Gasteiger partial charge in [-0.2, -0.15) is 13.2 Å². The largest absolute Gasteiger partial charge is 0.481 e. The Hall–Kier alpha value is -4.50. The van der Waals surface area contributed by atoms with E-state index in [1.807, 2.05) is 66.7 Å². The van der Waals surface area contributed by atoms with E-state index in [9.17, 15) is 27.9 Å². The number of carbonyl (C=O) groups excluding carboxylic acids is 1. The van der Waals surface area contributed by atoms with E-state index < -0.39 is 30.0 Å². The van der Waals surface area contributed by atoms with Crippen LogP contribution in [0.1, 0.15) is 41.2 Å². The Morgan fingerprint density at radius 3 is 2.25 bits per heavy atom. The average molecular weight is 623 g/mol. The highest BCUT2D eigenvalue weighted by Crippen LogP contribution is 2.37. The standard InChI is InChI=1S/C34H30ClF3N2O4/c35-25-14-15-30(40-18-16-24(17-19-40)34(36,37)38)28(20-25)33(43)39-29(21-32(41)42)23-12-10-22(11-13-23)27-8-4-5-9-31(27)44-26-6-2-1-3-7-26/h1-15,20,24,29H,16-19,21H2,(H,39,43)(H,41,42). The monoisotopic (exact) mass is 622 g/mol. The molecule has 0 aliphatic carbocycles. The lowest BCUT2D eigenvalue weighted by molar-refractivity contribution is -0.179. The van der Waals surface area contributed by atoms with E-state index >= 15 is 0 Å². The molecule has 1 atom stereocenters. The van der Waals surface area contributed by atoms with Crippen LogP contribution in [0, 0.1) is 5.92 Å². The number of para-hydroxylation sites is 2. The van der Waals surface area contributed by atoms with Gasteiger partial charge in [0.25, 0.3) is 5.91 Å². The van der Waals surface area contributed by atoms with Crippen LogP contribution in [0.2, 0.25) is 5.02 Å². The van der Waals surface area contributed by atoms with Crippen molar-refractivity contribution >= 4 is 29.2 Å². The maximum atomic E-state index is 13.6. The number of carboxylic acid groups (broad SMARTS) is 1. The molecule has 44 heavy (non-hydrogen) atoms. The van der Waals surface area contributed by atoms with Crippen molar-refractivity contribution in [3.05, 3.63) is 113 Å². The molecule has 1 unspecified atom stereocenters. The highest BCUT2D eigenvalue weighted by molar-refractivity contribution is 6.31. The summed E-state index contributed by atoms with van der Waals surface area (Å²) in [6, 6.07) is 27.8. The highest BCUT2D eigenvalue weighted by atomic mass is 35.5. The molecule has 0 bridgehead atoms. The molecule has 4 aromatic carbocycles. The molecule has 228 valence electrons. The van der Waals surface area contributed by atoms with Crippen molar-refractivity contribution < 1.29 is 32.6 Å². The topological polar surface area (TPSA) is 78.9 Å². The molecule has 0 spiro atoms. The summed E-state index contributed by atoms with van der Waals surface area (Å²) in [5, 5.41) is 12.7. The number of hydrogen-bond donors (Lipinski definition) is 2. The Labute approximate surface area is 258 Å². The molecule has 1 fully saturated rings. The lowest BCUT2D eigenvalue weighted by Gasteiger charge is -2.35. The number of carbonyl (C=O) groups is 2. The number of anilines is 1. The van der Waals surface area contributed by atoms with E-state index in [0.29, 0.717) is 22.7 Å². The smallest absolute Gasteiger partial charge is 0.391 e. The molecule has 1 amide bonds. The fourth-order valence-corrected chi connectivity index (χ4v) is 5.55. The van der Waals surface area contributed by atoms with Gasteiger partial charge in [0.2, 0.25) is 0 Å². The summed E-state index contributed by atoms with van der Waals surface area (Å²) in [5.74, 6) is -1.73. The van der Waals surface area contributed by atoms with Gasteiger partial charge in [-0.25, -0.2) is 0 Å². The number of hydrogen-bond acceptors (Lipinski definition) is 4. The van der Waals surface area contributed by atoms with Crippen molar-refractivity contribution in [3.63, 3.8) is 0 Å². The zero-order chi connectivity index (χ0) is 31.3. The summed E-state index contributed by atoms with van der Waals surface area (Å²) in [7, 11) is 0. The van der Waals surface area contributed by atoms with Gasteiger partial charge in [-0.3, -0.25) is 9.59 Å². The van der Waals surface area contributed by atoms with Crippen molar-refractivity contribution in [1.82, 2.24) is 5.32 Å². The van der Waals surface area contributed by atoms with Crippen LogP contribution in [-0.4, -0.2) is 36.2 Å². The molecule has 0 saturated carbocycles. The molecular formula is C34H30ClF3N2O4. The Morgan fingerprint density at radius 1 is 0.932 bits per heavy atom. The number of aliphatic carboxylic acids is 1. The molecule has 0 radical (unpaired) electrons. The van der Waals surface area contributed by atoms with E-state index in [1.165, 1.54) is 6.07 Å². The van der Waals surface area contributed by atoms with Gasteiger partial charge >= 0.3 is 12.1 Å². The molecule has 2 N–H and O–H groups in total. The van der Waals surface area contributed by atoms with Crippen LogP contribution in [-0.2, 0) is 4.79 Å². The summed E-state index contributed by atoms with van der Waals surface area (Å²) in [5.41, 5.74) is 2.86. The molecule has 5 rings (SSSR count). The molecular weight excluding hydrogens is 593 g/mol. The Kier molecular flexibility index (Phi) is 9.44. The van der Waals surface area contributed by atoms with Crippen molar-refractivity contribution in [2.75, 3.05) is 18.0 Å². The molecule has 1 aliphatic rings. The highest BCUT2D eigenvalue weighted by Gasteiger charge is 2.41. The third-order valence-corrected chi connectivity index (χ3v) is 7.90. The summed E-state index contributed by atoms with van der Waals surface area (Å²) in [6.07, 6.45) is -4.81. The normalized spacial score (nSPS) is 14.6. The molecule has 1 saturated heterocycles. The lowest BCUT2D eigenvalue weighted by atomic mass is 9.95. The number of rotatable bonds is 9. The van der Waals surface area contributed by atoms with Gasteiger partial charge in [0.1, 0.15) is 11.5 Å². The fraction of sp³-hybridized carbons (Fsp3) is 0.235. The minimum atomic E-state index is -4.26. The Balaban J connectivity index is 1.36. The van der Waals surface area contributed by atoms with Gasteiger partial charge in [0.15, 0.2) is 0 Å². The first-order chi connectivity index (χ1) is 21.1. The SMILES string of the molecule is O=C(O)CC(NC(=O)c1cc(Cl)ccc1N1CCC(C(F)(F)F)CC1)c1ccc(-c2ccccc2Oc2ccccc2)cc1. The van der Waals surface area contributed by atoms with E-state index in [-0.39, 0.29) is 42.9 Å². The molecule has 1 aliphatic heterocycles. The van der Waals surface area contributed by atoms with Crippen LogP contribution in [0.25, 0.3) is 11.1 Å². The van der Waals surface area contributed by atoms with E-state index in [4.69, 9.17) is 16.3 Å². The third kappa shape index (κ3) is 7.52. The third-order valence-electron chi connectivity index (χ3n) is 7.67. The van der Waals surface area contributed by atoms with Crippen molar-refractivity contribution in [3.8, 4) is 22.6 Å². The van der Waals surface area contributed by atoms with Gasteiger partial charge in [-0.05, 0) is 60.4 Å². The molecule has 1 heterocycles. The fourth-order valence-electron chi connectivity index (χ4n) is 5.38. The summed E-state index contributed by atoms with van der Waals surface area (Å²) < 4.78 is 45.7. The molecule has 4 aromatic rings. The quantitative estimate of drug-likeness (QED) is 0.196. The average Bonchev–Trinajstić information content (AvgIpc) is 3.01. The number of alkyl halides is 3. The number of amides is 1. The van der Waals surface area contributed by atoms with Crippen molar-refractivity contribution in [2.45, 2.75) is 31.5 Å². The predicted octanol–water partition coefficient (Wildman–Crippen LogP) is 8.52. The van der Waals surface area contributed by atoms with Gasteiger partial charge in [0, 0.05) is 29.4 Å². The minimum absolute atomic E-state index is 0.0826. The number of nitrogens with one attached hydrogen (secondary N) is 1. The predicted molar refractivity (Wildman–Crippen MR) is 163 cm³/mol. The first kappa shape index (κ1) is 30.9. The van der Waals surface area contributed by atoms with Crippen molar-refractivity contribution in [1.29, 1.82) is 0 Å². The van der Waals surface area contributed by atoms with Crippen LogP contribution in [0.3, 0.4) is 0 Å². The summed E-state index contributed by atoms with van der Waals surface area (Å²) in [4.78, 5) is 27.1. The first-order valence-corrected chi connectivity index (χ1v) is 14.5. The Morgan fingerprint density at radius 2 is 1.59 bits per heavy atom. The van der Waals surface area contributed by atoms with Crippen LogP contribution in [0.5, 0.6) is 11.5 Å².